The molecule has 4 heterocycles. The third-order valence-electron chi connectivity index (χ3n) is 6.78. The number of alkyl halides is 3. The van der Waals surface area contributed by atoms with Crippen molar-refractivity contribution in [3.8, 4) is 0 Å². The number of carbonyl (C=O) groups excluding carboxylic acids is 2. The predicted octanol–water partition coefficient (Wildman–Crippen LogP) is 4.33. The highest BCUT2D eigenvalue weighted by Gasteiger charge is 2.35. The van der Waals surface area contributed by atoms with Crippen molar-refractivity contribution < 1.29 is 27.6 Å². The number of nitrogens with one attached hydrogen (secondary N) is 1. The number of hydrogen-bond acceptors (Lipinski definition) is 7. The molecule has 2 aliphatic rings. The molecular weight excluding hydrogens is 533 g/mol. The van der Waals surface area contributed by atoms with E-state index in [4.69, 9.17) is 9.82 Å². The first-order chi connectivity index (χ1) is 18.6. The summed E-state index contributed by atoms with van der Waals surface area (Å²) in [6.07, 6.45) is -1.96. The maximum atomic E-state index is 12.9. The van der Waals surface area contributed by atoms with E-state index in [1.807, 2.05) is 41.8 Å². The minimum absolute atomic E-state index is 0.158. The number of amides is 2. The summed E-state index contributed by atoms with van der Waals surface area (Å²) in [5, 5.41) is 6.42. The van der Waals surface area contributed by atoms with Crippen molar-refractivity contribution in [3.63, 3.8) is 0 Å². The van der Waals surface area contributed by atoms with Crippen LogP contribution >= 0.6 is 11.3 Å². The second-order valence-electron chi connectivity index (χ2n) is 9.47. The van der Waals surface area contributed by atoms with Crippen molar-refractivity contribution in [1.82, 2.24) is 25.1 Å². The van der Waals surface area contributed by atoms with Gasteiger partial charge in [-0.3, -0.25) is 24.7 Å². The van der Waals surface area contributed by atoms with Crippen molar-refractivity contribution in [2.45, 2.75) is 51.6 Å². The van der Waals surface area contributed by atoms with E-state index in [0.717, 1.165) is 21.4 Å². The number of hydroxylamine groups is 1. The third-order valence-corrected chi connectivity index (χ3v) is 7.79. The van der Waals surface area contributed by atoms with E-state index >= 15 is 0 Å². The Morgan fingerprint density at radius 2 is 1.92 bits per heavy atom. The fraction of sp³-hybridized carbons (Fsp3) is 0.385. The van der Waals surface area contributed by atoms with Crippen molar-refractivity contribution in [2.24, 2.45) is 0 Å². The Bertz CT molecular complexity index is 1380. The Kier molecular flexibility index (Phi) is 7.45. The SMILES string of the molecule is CC(=O)N(c1ccccc1)C1C=C(c2csc(C3CCN(C(=O)Cn4nc(C(F)(F)F)cc4C)CC3)n2)NO1. The second-order valence-corrected chi connectivity index (χ2v) is 10.4. The minimum atomic E-state index is -4.55. The number of thiazole rings is 1. The molecule has 1 aromatic carbocycles. The molecule has 206 valence electrons. The summed E-state index contributed by atoms with van der Waals surface area (Å²) in [6.45, 7) is 3.73. The van der Waals surface area contributed by atoms with Gasteiger partial charge in [-0.25, -0.2) is 9.82 Å². The molecule has 0 bridgehead atoms. The van der Waals surface area contributed by atoms with Gasteiger partial charge >= 0.3 is 6.18 Å². The van der Waals surface area contributed by atoms with Gasteiger partial charge < -0.3 is 4.90 Å². The predicted molar refractivity (Wildman–Crippen MR) is 138 cm³/mol. The average Bonchev–Trinajstić information content (AvgIpc) is 3.65. The monoisotopic (exact) mass is 560 g/mol. The van der Waals surface area contributed by atoms with Gasteiger partial charge in [0.15, 0.2) is 11.9 Å². The molecule has 0 radical (unpaired) electrons. The lowest BCUT2D eigenvalue weighted by Crippen LogP contribution is -2.40. The maximum absolute atomic E-state index is 12.9. The van der Waals surface area contributed by atoms with Gasteiger partial charge in [0.2, 0.25) is 11.8 Å². The summed E-state index contributed by atoms with van der Waals surface area (Å²) in [6, 6.07) is 10.2. The number of benzene rings is 1. The number of aryl methyl sites for hydroxylation is 1. The zero-order valence-corrected chi connectivity index (χ0v) is 22.1. The number of rotatable bonds is 6. The van der Waals surface area contributed by atoms with E-state index in [2.05, 4.69) is 10.6 Å². The van der Waals surface area contributed by atoms with Gasteiger partial charge in [0.25, 0.3) is 0 Å². The van der Waals surface area contributed by atoms with E-state index in [9.17, 15) is 22.8 Å². The first-order valence-corrected chi connectivity index (χ1v) is 13.3. The summed E-state index contributed by atoms with van der Waals surface area (Å²) in [7, 11) is 0. The number of nitrogens with zero attached hydrogens (tertiary/aromatic N) is 5. The highest BCUT2D eigenvalue weighted by molar-refractivity contribution is 7.09. The summed E-state index contributed by atoms with van der Waals surface area (Å²) < 4.78 is 39.9. The standard InChI is InChI=1S/C26H27F3N6O3S/c1-16-12-22(26(27,28)29)31-34(16)14-23(37)33-10-8-18(9-11-33)25-30-21(15-39-25)20-13-24(38-32-20)35(17(2)36)19-6-4-3-5-7-19/h3-7,12-13,15,18,24,32H,8-11,14H2,1-2H3. The number of hydrogen-bond donors (Lipinski definition) is 1. The normalized spacial score (nSPS) is 18.1. The van der Waals surface area contributed by atoms with Crippen LogP contribution in [0.1, 0.15) is 47.8 Å². The van der Waals surface area contributed by atoms with Gasteiger partial charge in [-0.1, -0.05) is 18.2 Å². The lowest BCUT2D eigenvalue weighted by molar-refractivity contribution is -0.142. The van der Waals surface area contributed by atoms with Gasteiger partial charge in [0, 0.05) is 42.7 Å². The molecular formula is C26H27F3N6O3S. The van der Waals surface area contributed by atoms with Crippen molar-refractivity contribution >= 4 is 34.5 Å². The Morgan fingerprint density at radius 1 is 1.21 bits per heavy atom. The van der Waals surface area contributed by atoms with Crippen molar-refractivity contribution in [3.05, 3.63) is 69.9 Å². The molecule has 1 unspecified atom stereocenters. The quantitative estimate of drug-likeness (QED) is 0.483. The molecule has 39 heavy (non-hydrogen) atoms. The largest absolute Gasteiger partial charge is 0.435 e. The highest BCUT2D eigenvalue weighted by Crippen LogP contribution is 2.33. The first-order valence-electron chi connectivity index (χ1n) is 12.4. The van der Waals surface area contributed by atoms with Crippen LogP contribution in [0.25, 0.3) is 5.70 Å². The van der Waals surface area contributed by atoms with Crippen LogP contribution in [0.4, 0.5) is 18.9 Å². The molecule has 1 N–H and O–H groups in total. The zero-order chi connectivity index (χ0) is 27.7. The Labute approximate surface area is 226 Å². The van der Waals surface area contributed by atoms with Crippen LogP contribution in [0, 0.1) is 6.92 Å². The number of aromatic nitrogens is 3. The molecule has 0 spiro atoms. The van der Waals surface area contributed by atoms with Crippen LogP contribution < -0.4 is 10.4 Å². The molecule has 2 amide bonds. The molecule has 2 aromatic heterocycles. The van der Waals surface area contributed by atoms with Crippen molar-refractivity contribution in [1.29, 1.82) is 0 Å². The van der Waals surface area contributed by atoms with Gasteiger partial charge in [-0.05, 0) is 44.0 Å². The van der Waals surface area contributed by atoms with E-state index in [-0.39, 0.29) is 30.0 Å². The number of para-hydroxylation sites is 1. The highest BCUT2D eigenvalue weighted by atomic mass is 32.1. The topological polar surface area (TPSA) is 92.6 Å². The maximum Gasteiger partial charge on any atom is 0.435 e. The Morgan fingerprint density at radius 3 is 2.56 bits per heavy atom. The van der Waals surface area contributed by atoms with Crippen molar-refractivity contribution in [2.75, 3.05) is 18.0 Å². The third kappa shape index (κ3) is 5.83. The first kappa shape index (κ1) is 26.9. The Hall–Kier alpha value is -3.71. The number of anilines is 1. The molecule has 9 nitrogen and oxygen atoms in total. The van der Waals surface area contributed by atoms with Gasteiger partial charge in [0.05, 0.1) is 16.4 Å². The van der Waals surface area contributed by atoms with Gasteiger partial charge in [-0.2, -0.15) is 18.3 Å². The molecule has 5 rings (SSSR count). The molecule has 0 saturated carbocycles. The molecule has 1 atom stereocenters. The van der Waals surface area contributed by atoms with Crippen LogP contribution in [0.5, 0.6) is 0 Å². The lowest BCUT2D eigenvalue weighted by Gasteiger charge is -2.31. The summed E-state index contributed by atoms with van der Waals surface area (Å²) in [5.41, 5.74) is 4.28. The Balaban J connectivity index is 1.19. The molecule has 13 heteroatoms. The van der Waals surface area contributed by atoms with E-state index in [1.54, 1.807) is 9.80 Å². The van der Waals surface area contributed by atoms with Crippen LogP contribution in [-0.2, 0) is 27.1 Å². The van der Waals surface area contributed by atoms with E-state index in [1.165, 1.54) is 25.2 Å². The van der Waals surface area contributed by atoms with E-state index < -0.39 is 18.1 Å². The summed E-state index contributed by atoms with van der Waals surface area (Å²) in [4.78, 5) is 38.7. The average molecular weight is 561 g/mol. The zero-order valence-electron chi connectivity index (χ0n) is 21.3. The molecule has 1 fully saturated rings. The molecule has 3 aromatic rings. The molecule has 0 aliphatic carbocycles. The number of likely N-dealkylation sites (tertiary alicyclic amines) is 1. The number of piperidine rings is 1. The number of carbonyl (C=O) groups is 2. The van der Waals surface area contributed by atoms with Gasteiger partial charge in [0.1, 0.15) is 6.54 Å². The van der Waals surface area contributed by atoms with Gasteiger partial charge in [-0.15, -0.1) is 11.3 Å². The molecule has 2 aliphatic heterocycles. The second kappa shape index (κ2) is 10.8. The lowest BCUT2D eigenvalue weighted by atomic mass is 9.97. The summed E-state index contributed by atoms with van der Waals surface area (Å²) in [5.74, 6) is -0.257. The van der Waals surface area contributed by atoms with E-state index in [0.29, 0.717) is 37.3 Å². The van der Waals surface area contributed by atoms with Crippen LogP contribution in [0.2, 0.25) is 0 Å². The van der Waals surface area contributed by atoms with Crippen LogP contribution in [-0.4, -0.2) is 50.8 Å². The van der Waals surface area contributed by atoms with Crippen LogP contribution in [0.3, 0.4) is 0 Å². The fourth-order valence-corrected chi connectivity index (χ4v) is 5.70. The minimum Gasteiger partial charge on any atom is -0.341 e. The summed E-state index contributed by atoms with van der Waals surface area (Å²) >= 11 is 1.52. The smallest absolute Gasteiger partial charge is 0.341 e. The fourth-order valence-electron chi connectivity index (χ4n) is 4.71. The number of halogens is 3. The van der Waals surface area contributed by atoms with Crippen LogP contribution in [0.15, 0.2) is 47.9 Å². The molecule has 1 saturated heterocycles.